The molecule has 0 saturated heterocycles. The van der Waals surface area contributed by atoms with Crippen LogP contribution in [0.1, 0.15) is 61.0 Å². The van der Waals surface area contributed by atoms with Gasteiger partial charge in [0.25, 0.3) is 0 Å². The largest absolute Gasteiger partial charge is 0.357 e. The zero-order valence-corrected chi connectivity index (χ0v) is 17.8. The maximum Gasteiger partial charge on any atom is 0.191 e. The number of thiazole rings is 1. The SMILES string of the molecule is CCNC(=NCc1nc(C)c(C)s1)NCCC1CCCCC1.I. The van der Waals surface area contributed by atoms with Crippen molar-refractivity contribution in [3.8, 4) is 0 Å². The molecule has 0 amide bonds. The summed E-state index contributed by atoms with van der Waals surface area (Å²) in [6.07, 6.45) is 8.35. The Labute approximate surface area is 162 Å². The fourth-order valence-electron chi connectivity index (χ4n) is 2.97. The molecule has 4 nitrogen and oxygen atoms in total. The summed E-state index contributed by atoms with van der Waals surface area (Å²) in [6.45, 7) is 8.87. The van der Waals surface area contributed by atoms with Gasteiger partial charge >= 0.3 is 0 Å². The average molecular weight is 450 g/mol. The smallest absolute Gasteiger partial charge is 0.191 e. The molecule has 1 aromatic heterocycles. The van der Waals surface area contributed by atoms with E-state index < -0.39 is 0 Å². The zero-order valence-electron chi connectivity index (χ0n) is 14.7. The molecule has 23 heavy (non-hydrogen) atoms. The zero-order chi connectivity index (χ0) is 15.8. The highest BCUT2D eigenvalue weighted by Crippen LogP contribution is 2.25. The lowest BCUT2D eigenvalue weighted by atomic mass is 9.87. The Bertz CT molecular complexity index is 461. The number of aromatic nitrogens is 1. The van der Waals surface area contributed by atoms with Crippen LogP contribution in [-0.2, 0) is 6.54 Å². The van der Waals surface area contributed by atoms with Crippen LogP contribution in [0.25, 0.3) is 0 Å². The van der Waals surface area contributed by atoms with Crippen LogP contribution in [0.4, 0.5) is 0 Å². The van der Waals surface area contributed by atoms with Crippen LogP contribution in [-0.4, -0.2) is 24.0 Å². The fraction of sp³-hybridized carbons (Fsp3) is 0.765. The van der Waals surface area contributed by atoms with Crippen molar-refractivity contribution in [2.45, 2.75) is 65.8 Å². The molecule has 132 valence electrons. The van der Waals surface area contributed by atoms with E-state index in [1.165, 1.54) is 43.4 Å². The number of hydrogen-bond donors (Lipinski definition) is 2. The van der Waals surface area contributed by atoms with E-state index in [2.05, 4.69) is 41.4 Å². The number of nitrogens with one attached hydrogen (secondary N) is 2. The second-order valence-corrected chi connectivity index (χ2v) is 7.45. The minimum absolute atomic E-state index is 0. The molecule has 1 fully saturated rings. The van der Waals surface area contributed by atoms with Crippen molar-refractivity contribution >= 4 is 41.3 Å². The lowest BCUT2D eigenvalue weighted by Gasteiger charge is -2.22. The summed E-state index contributed by atoms with van der Waals surface area (Å²) in [4.78, 5) is 10.5. The topological polar surface area (TPSA) is 49.3 Å². The molecule has 0 aliphatic heterocycles. The monoisotopic (exact) mass is 450 g/mol. The van der Waals surface area contributed by atoms with Gasteiger partial charge in [-0.3, -0.25) is 0 Å². The molecule has 2 N–H and O–H groups in total. The van der Waals surface area contributed by atoms with E-state index >= 15 is 0 Å². The van der Waals surface area contributed by atoms with E-state index in [0.717, 1.165) is 35.7 Å². The second kappa shape index (κ2) is 11.2. The van der Waals surface area contributed by atoms with E-state index in [4.69, 9.17) is 0 Å². The highest BCUT2D eigenvalue weighted by Gasteiger charge is 2.13. The van der Waals surface area contributed by atoms with Crippen LogP contribution < -0.4 is 10.6 Å². The summed E-state index contributed by atoms with van der Waals surface area (Å²) in [7, 11) is 0. The van der Waals surface area contributed by atoms with Crippen molar-refractivity contribution in [3.63, 3.8) is 0 Å². The van der Waals surface area contributed by atoms with Crippen LogP contribution in [0, 0.1) is 19.8 Å². The summed E-state index contributed by atoms with van der Waals surface area (Å²) in [5.41, 5.74) is 1.13. The van der Waals surface area contributed by atoms with Crippen LogP contribution in [0.15, 0.2) is 4.99 Å². The van der Waals surface area contributed by atoms with Crippen LogP contribution in [0.3, 0.4) is 0 Å². The molecule has 0 aromatic carbocycles. The quantitative estimate of drug-likeness (QED) is 0.384. The fourth-order valence-corrected chi connectivity index (χ4v) is 3.82. The van der Waals surface area contributed by atoms with Crippen molar-refractivity contribution in [1.29, 1.82) is 0 Å². The first-order chi connectivity index (χ1) is 10.7. The Balaban J connectivity index is 0.00000264. The maximum absolute atomic E-state index is 4.66. The van der Waals surface area contributed by atoms with Crippen LogP contribution in [0.2, 0.25) is 0 Å². The molecule has 1 aliphatic carbocycles. The van der Waals surface area contributed by atoms with E-state index in [0.29, 0.717) is 6.54 Å². The first kappa shape index (κ1) is 20.7. The van der Waals surface area contributed by atoms with Gasteiger partial charge in [0, 0.05) is 18.0 Å². The third kappa shape index (κ3) is 7.37. The molecule has 0 spiro atoms. The van der Waals surface area contributed by atoms with Gasteiger partial charge in [-0.2, -0.15) is 0 Å². The normalized spacial score (nSPS) is 16.0. The summed E-state index contributed by atoms with van der Waals surface area (Å²) < 4.78 is 0. The Morgan fingerprint density at radius 1 is 1.22 bits per heavy atom. The molecule has 1 aliphatic rings. The highest BCUT2D eigenvalue weighted by atomic mass is 127. The summed E-state index contributed by atoms with van der Waals surface area (Å²) >= 11 is 1.75. The third-order valence-electron chi connectivity index (χ3n) is 4.36. The molecular formula is C17H31IN4S. The van der Waals surface area contributed by atoms with Gasteiger partial charge in [-0.05, 0) is 33.1 Å². The molecule has 0 unspecified atom stereocenters. The lowest BCUT2D eigenvalue weighted by molar-refractivity contribution is 0.339. The van der Waals surface area contributed by atoms with Gasteiger partial charge in [0.1, 0.15) is 5.01 Å². The Hall–Kier alpha value is -0.370. The Morgan fingerprint density at radius 2 is 1.96 bits per heavy atom. The first-order valence-electron chi connectivity index (χ1n) is 8.64. The molecule has 2 rings (SSSR count). The van der Waals surface area contributed by atoms with Gasteiger partial charge in [0.2, 0.25) is 0 Å². The number of aliphatic imine (C=N–C) groups is 1. The second-order valence-electron chi connectivity index (χ2n) is 6.16. The lowest BCUT2D eigenvalue weighted by Crippen LogP contribution is -2.38. The number of guanidine groups is 1. The first-order valence-corrected chi connectivity index (χ1v) is 9.45. The molecule has 1 heterocycles. The molecular weight excluding hydrogens is 419 g/mol. The Morgan fingerprint density at radius 3 is 2.57 bits per heavy atom. The number of rotatable bonds is 6. The minimum atomic E-state index is 0. The molecule has 0 atom stereocenters. The van der Waals surface area contributed by atoms with Gasteiger partial charge in [0.15, 0.2) is 5.96 Å². The van der Waals surface area contributed by atoms with Crippen molar-refractivity contribution in [1.82, 2.24) is 15.6 Å². The summed E-state index contributed by atoms with van der Waals surface area (Å²) in [5, 5.41) is 7.90. The van der Waals surface area contributed by atoms with Crippen LogP contribution in [0.5, 0.6) is 0 Å². The number of nitrogens with zero attached hydrogens (tertiary/aromatic N) is 2. The van der Waals surface area contributed by atoms with Crippen molar-refractivity contribution in [3.05, 3.63) is 15.6 Å². The van der Waals surface area contributed by atoms with E-state index in [9.17, 15) is 0 Å². The molecule has 0 bridgehead atoms. The molecule has 6 heteroatoms. The van der Waals surface area contributed by atoms with Crippen LogP contribution >= 0.6 is 35.3 Å². The number of halogens is 1. The predicted molar refractivity (Wildman–Crippen MR) is 111 cm³/mol. The van der Waals surface area contributed by atoms with Gasteiger partial charge in [-0.15, -0.1) is 35.3 Å². The highest BCUT2D eigenvalue weighted by molar-refractivity contribution is 14.0. The third-order valence-corrected chi connectivity index (χ3v) is 5.42. The molecule has 1 aromatic rings. The number of aryl methyl sites for hydroxylation is 2. The van der Waals surface area contributed by atoms with Crippen molar-refractivity contribution < 1.29 is 0 Å². The minimum Gasteiger partial charge on any atom is -0.357 e. The van der Waals surface area contributed by atoms with Crippen molar-refractivity contribution in [2.24, 2.45) is 10.9 Å². The van der Waals surface area contributed by atoms with Gasteiger partial charge < -0.3 is 10.6 Å². The van der Waals surface area contributed by atoms with E-state index in [1.54, 1.807) is 11.3 Å². The summed E-state index contributed by atoms with van der Waals surface area (Å²) in [6, 6.07) is 0. The van der Waals surface area contributed by atoms with Gasteiger partial charge in [0.05, 0.1) is 12.2 Å². The average Bonchev–Trinajstić information content (AvgIpc) is 2.84. The van der Waals surface area contributed by atoms with E-state index in [1.807, 2.05) is 0 Å². The standard InChI is InChI=1S/C17H30N4S.HI/c1-4-18-17(19-11-10-15-8-6-5-7-9-15)20-12-16-21-13(2)14(3)22-16;/h15H,4-12H2,1-3H3,(H2,18,19,20);1H. The maximum atomic E-state index is 4.66. The van der Waals surface area contributed by atoms with Gasteiger partial charge in [-0.25, -0.2) is 9.98 Å². The Kier molecular flexibility index (Phi) is 10.1. The summed E-state index contributed by atoms with van der Waals surface area (Å²) in [5.74, 6) is 1.83. The molecule has 1 saturated carbocycles. The molecule has 0 radical (unpaired) electrons. The number of hydrogen-bond acceptors (Lipinski definition) is 3. The van der Waals surface area contributed by atoms with E-state index in [-0.39, 0.29) is 24.0 Å². The van der Waals surface area contributed by atoms with Gasteiger partial charge in [-0.1, -0.05) is 32.1 Å². The van der Waals surface area contributed by atoms with Crippen molar-refractivity contribution in [2.75, 3.05) is 13.1 Å². The predicted octanol–water partition coefficient (Wildman–Crippen LogP) is 4.40.